The smallest absolute Gasteiger partial charge is 0.329 e. The summed E-state index contributed by atoms with van der Waals surface area (Å²) >= 11 is 0. The molecule has 0 aromatic heterocycles. The van der Waals surface area contributed by atoms with Crippen molar-refractivity contribution in [1.29, 1.82) is 0 Å². The molecule has 2 aromatic rings. The number of ether oxygens (including phenoxy) is 6. The highest BCUT2D eigenvalue weighted by Crippen LogP contribution is 2.37. The first-order valence-electron chi connectivity index (χ1n) is 29.3. The van der Waals surface area contributed by atoms with Crippen molar-refractivity contribution >= 4 is 41.5 Å². The van der Waals surface area contributed by atoms with Gasteiger partial charge >= 0.3 is 17.9 Å². The van der Waals surface area contributed by atoms with Crippen LogP contribution in [0.4, 0.5) is 8.78 Å². The highest BCUT2D eigenvalue weighted by atomic mass is 19.1. The summed E-state index contributed by atoms with van der Waals surface area (Å²) in [5, 5.41) is 0. The Hall–Kier alpha value is -5.53. The topological polar surface area (TPSA) is 188 Å². The fourth-order valence-electron chi connectivity index (χ4n) is 11.3. The first-order valence-corrected chi connectivity index (χ1v) is 29.3. The van der Waals surface area contributed by atoms with Crippen LogP contribution >= 0.6 is 0 Å². The number of hydrogen-bond donors (Lipinski definition) is 0. The Bertz CT molecular complexity index is 2480. The fraction of sp³-hybridized carbons (Fsp3) is 0.694. The molecule has 0 N–H and O–H groups in total. The van der Waals surface area contributed by atoms with Gasteiger partial charge in [0, 0.05) is 80.3 Å². The average Bonchev–Trinajstić information content (AvgIpc) is 4.42. The second kappa shape index (κ2) is 27.7. The Balaban J connectivity index is 1.25. The lowest BCUT2D eigenvalue weighted by Gasteiger charge is -2.36. The lowest BCUT2D eigenvalue weighted by atomic mass is 9.90. The summed E-state index contributed by atoms with van der Waals surface area (Å²) in [5.74, 6) is -5.19. The number of amides is 4. The van der Waals surface area contributed by atoms with E-state index < -0.39 is 108 Å². The van der Waals surface area contributed by atoms with Crippen LogP contribution in [0.3, 0.4) is 0 Å². The van der Waals surface area contributed by atoms with Crippen LogP contribution in [0.2, 0.25) is 0 Å². The summed E-state index contributed by atoms with van der Waals surface area (Å²) < 4.78 is 67.4. The largest absolute Gasteiger partial charge is 0.451 e. The molecule has 2 aromatic carbocycles. The van der Waals surface area contributed by atoms with Crippen molar-refractivity contribution in [3.05, 3.63) is 70.8 Å². The lowest BCUT2D eigenvalue weighted by molar-refractivity contribution is -0.175. The number of halogens is 2. The maximum absolute atomic E-state index is 15.9. The zero-order valence-corrected chi connectivity index (χ0v) is 49.3. The van der Waals surface area contributed by atoms with Crippen LogP contribution in [0, 0.1) is 11.8 Å². The van der Waals surface area contributed by atoms with E-state index in [1.54, 1.807) is 0 Å². The van der Waals surface area contributed by atoms with Crippen molar-refractivity contribution in [2.75, 3.05) is 61.2 Å². The van der Waals surface area contributed by atoms with E-state index in [0.717, 1.165) is 77.9 Å². The Morgan fingerprint density at radius 1 is 0.469 bits per heavy atom. The molecule has 0 spiro atoms. The van der Waals surface area contributed by atoms with Crippen LogP contribution in [0.5, 0.6) is 0 Å². The maximum Gasteiger partial charge on any atom is 0.329 e. The molecule has 81 heavy (non-hydrogen) atoms. The molecule has 448 valence electrons. The molecule has 2 aliphatic carbocycles. The molecule has 7 rings (SSSR count). The van der Waals surface area contributed by atoms with Gasteiger partial charge in [0.2, 0.25) is 0 Å². The summed E-state index contributed by atoms with van der Waals surface area (Å²) in [6.07, 6.45) is 0.105. The van der Waals surface area contributed by atoms with Crippen LogP contribution in [0.1, 0.15) is 153 Å². The van der Waals surface area contributed by atoms with E-state index in [2.05, 4.69) is 0 Å². The minimum atomic E-state index is -2.07. The van der Waals surface area contributed by atoms with Crippen LogP contribution in [-0.2, 0) is 74.8 Å². The van der Waals surface area contributed by atoms with Crippen LogP contribution < -0.4 is 0 Å². The van der Waals surface area contributed by atoms with Crippen molar-refractivity contribution in [3.8, 4) is 0 Å². The summed E-state index contributed by atoms with van der Waals surface area (Å²) in [7, 11) is 5.56. The molecular formula is C62H88F2N4O13. The van der Waals surface area contributed by atoms with Crippen molar-refractivity contribution in [2.24, 2.45) is 11.8 Å². The Kier molecular flexibility index (Phi) is 21.6. The molecule has 0 bridgehead atoms. The first-order chi connectivity index (χ1) is 38.3. The molecule has 8 atom stereocenters. The van der Waals surface area contributed by atoms with E-state index in [1.807, 2.05) is 48.5 Å². The van der Waals surface area contributed by atoms with Gasteiger partial charge in [0.15, 0.2) is 18.3 Å². The van der Waals surface area contributed by atoms with Gasteiger partial charge in [0.05, 0.1) is 12.6 Å². The summed E-state index contributed by atoms with van der Waals surface area (Å²) in [6.45, 7) is 10.1. The van der Waals surface area contributed by atoms with E-state index in [0.29, 0.717) is 37.9 Å². The molecule has 0 unspecified atom stereocenters. The Morgan fingerprint density at radius 2 is 0.840 bits per heavy atom. The van der Waals surface area contributed by atoms with Crippen LogP contribution in [0.25, 0.3) is 0 Å². The molecule has 0 radical (unpaired) electrons. The number of carbonyl (C=O) groups excluding carboxylic acids is 7. The molecule has 3 heterocycles. The second-order valence-corrected chi connectivity index (χ2v) is 24.8. The molecule has 5 aliphatic rings. The summed E-state index contributed by atoms with van der Waals surface area (Å²) in [6, 6.07) is 10.3. The van der Waals surface area contributed by atoms with Gasteiger partial charge in [-0.2, -0.15) is 0 Å². The number of cyclic esters (lactones) is 3. The van der Waals surface area contributed by atoms with E-state index in [9.17, 15) is 24.0 Å². The number of benzene rings is 2. The van der Waals surface area contributed by atoms with E-state index >= 15 is 18.4 Å². The van der Waals surface area contributed by atoms with Gasteiger partial charge in [0.25, 0.3) is 23.6 Å². The van der Waals surface area contributed by atoms with Crippen molar-refractivity contribution in [2.45, 2.75) is 203 Å². The molecule has 2 saturated carbocycles. The van der Waals surface area contributed by atoms with Crippen LogP contribution in [-0.4, -0.2) is 182 Å². The van der Waals surface area contributed by atoms with Gasteiger partial charge < -0.3 is 48.0 Å². The molecule has 3 aliphatic heterocycles. The maximum atomic E-state index is 15.9. The van der Waals surface area contributed by atoms with E-state index in [-0.39, 0.29) is 56.5 Å². The number of alkyl halides is 2. The van der Waals surface area contributed by atoms with Gasteiger partial charge in [-0.3, -0.25) is 19.2 Å². The number of rotatable bonds is 14. The third-order valence-electron chi connectivity index (χ3n) is 16.8. The number of carbonyl (C=O) groups is 7. The monoisotopic (exact) mass is 1130 g/mol. The molecule has 19 heteroatoms. The van der Waals surface area contributed by atoms with E-state index in [1.165, 1.54) is 79.5 Å². The SMILES string of the molecule is C[C@H]1OC(=O)[C@H](CC2CC2)N(C)C(=O)[C@@H](Cc2ccc(C3CCOCC3)cc2)OC(=O)[C@H](CC(C)(C)F)N(C)C(=O)[C@@H](C)OC(=O)[C@H](CC2CC2)N(C)C(=O)[C@@H](Cc2ccc(C3CCOCC3)cc2)OC[C@H](CC(C)(C)F)N(C)C1=O. The molecule has 17 nitrogen and oxygen atoms in total. The van der Waals surface area contributed by atoms with Gasteiger partial charge in [-0.25, -0.2) is 23.2 Å². The predicted molar refractivity (Wildman–Crippen MR) is 297 cm³/mol. The predicted octanol–water partition coefficient (Wildman–Crippen LogP) is 7.62. The van der Waals surface area contributed by atoms with Crippen molar-refractivity contribution in [1.82, 2.24) is 19.6 Å². The number of hydrogen-bond acceptors (Lipinski definition) is 13. The number of likely N-dealkylation sites (N-methyl/N-ethyl adjacent to an activating group) is 4. The molecular weight excluding hydrogens is 1050 g/mol. The highest BCUT2D eigenvalue weighted by Gasteiger charge is 2.45. The summed E-state index contributed by atoms with van der Waals surface area (Å²) in [5.41, 5.74) is -0.363. The Labute approximate surface area is 477 Å². The minimum Gasteiger partial charge on any atom is -0.451 e. The minimum absolute atomic E-state index is 0.0281. The first kappa shape index (κ1) is 63.1. The number of nitrogens with zero attached hydrogens (tertiary/aromatic N) is 4. The number of esters is 3. The van der Waals surface area contributed by atoms with Gasteiger partial charge in [0.1, 0.15) is 35.6 Å². The van der Waals surface area contributed by atoms with Gasteiger partial charge in [-0.15, -0.1) is 0 Å². The zero-order valence-electron chi connectivity index (χ0n) is 49.3. The zero-order chi connectivity index (χ0) is 58.9. The lowest BCUT2D eigenvalue weighted by Crippen LogP contribution is -2.54. The average molecular weight is 1140 g/mol. The highest BCUT2D eigenvalue weighted by molar-refractivity contribution is 5.93. The van der Waals surface area contributed by atoms with E-state index in [4.69, 9.17) is 28.4 Å². The molecule has 5 fully saturated rings. The Morgan fingerprint density at radius 3 is 1.25 bits per heavy atom. The summed E-state index contributed by atoms with van der Waals surface area (Å²) in [4.78, 5) is 107. The van der Waals surface area contributed by atoms with Gasteiger partial charge in [-0.1, -0.05) is 74.2 Å². The molecule has 4 amide bonds. The van der Waals surface area contributed by atoms with Crippen molar-refractivity contribution in [3.63, 3.8) is 0 Å². The molecule has 3 saturated heterocycles. The third kappa shape index (κ3) is 18.0. The van der Waals surface area contributed by atoms with Crippen molar-refractivity contribution < 1.29 is 70.8 Å². The van der Waals surface area contributed by atoms with Crippen LogP contribution in [0.15, 0.2) is 48.5 Å². The normalized spacial score (nSPS) is 27.9. The second-order valence-electron chi connectivity index (χ2n) is 24.8. The quantitative estimate of drug-likeness (QED) is 0.133. The van der Waals surface area contributed by atoms with Gasteiger partial charge in [-0.05, 0) is 126 Å². The third-order valence-corrected chi connectivity index (χ3v) is 16.8. The fourth-order valence-corrected chi connectivity index (χ4v) is 11.3. The standard InChI is InChI=1S/C62H88F2N4O13/c1-38-54(69)65(7)48(35-61(3,4)63)37-78-52(33-42-15-19-44(20-16-42)46-23-27-76-28-24-46)56(71)66(8)49(31-40-11-12-40)58(73)80-39(2)55(70)68(10)51(36-62(5,6)64)60(75)81-53(57(72)67(9)50(59(74)79-38)32-41-13-14-41)34-43-17-21-45(22-18-43)47-25-29-77-30-26-47/h15-22,38-41,46-53H,11-14,23-37H2,1-10H3/t38-,39-,48+,49+,50+,51+,52-,53-/m1/s1.